The van der Waals surface area contributed by atoms with Gasteiger partial charge >= 0.3 is 0 Å². The fraction of sp³-hybridized carbons (Fsp3) is 0.211. The van der Waals surface area contributed by atoms with Gasteiger partial charge in [0.25, 0.3) is 5.91 Å². The molecule has 5 heteroatoms. The number of nitrogens with one attached hydrogen (secondary N) is 1. The monoisotopic (exact) mass is 337 g/mol. The van der Waals surface area contributed by atoms with Crippen LogP contribution >= 0.6 is 11.3 Å². The Balaban J connectivity index is 1.81. The molecular formula is C19H19N3OS. The maximum atomic E-state index is 12.6. The largest absolute Gasteiger partial charge is 0.346 e. The van der Waals surface area contributed by atoms with Gasteiger partial charge in [-0.15, -0.1) is 0 Å². The number of carbonyl (C=O) groups excluding carboxylic acids is 1. The van der Waals surface area contributed by atoms with Crippen molar-refractivity contribution in [1.29, 1.82) is 0 Å². The zero-order chi connectivity index (χ0) is 17.1. The van der Waals surface area contributed by atoms with Crippen LogP contribution in [0.2, 0.25) is 0 Å². The van der Waals surface area contributed by atoms with E-state index in [0.717, 1.165) is 39.2 Å². The molecule has 4 nitrogen and oxygen atoms in total. The molecule has 0 spiro atoms. The van der Waals surface area contributed by atoms with Gasteiger partial charge in [-0.25, -0.2) is 0 Å². The van der Waals surface area contributed by atoms with Gasteiger partial charge in [-0.1, -0.05) is 17.7 Å². The van der Waals surface area contributed by atoms with Gasteiger partial charge in [-0.2, -0.15) is 11.3 Å². The molecule has 24 heavy (non-hydrogen) atoms. The summed E-state index contributed by atoms with van der Waals surface area (Å²) in [5, 5.41) is 7.02. The molecule has 0 radical (unpaired) electrons. The third kappa shape index (κ3) is 3.36. The van der Waals surface area contributed by atoms with Crippen LogP contribution in [0.15, 0.2) is 41.4 Å². The lowest BCUT2D eigenvalue weighted by molar-refractivity contribution is 0.0949. The van der Waals surface area contributed by atoms with E-state index in [0.29, 0.717) is 6.54 Å². The average Bonchev–Trinajstić information content (AvgIpc) is 3.06. The molecule has 1 N–H and O–H groups in total. The number of aromatic nitrogens is 2. The summed E-state index contributed by atoms with van der Waals surface area (Å²) < 4.78 is 0. The quantitative estimate of drug-likeness (QED) is 0.781. The van der Waals surface area contributed by atoms with Crippen LogP contribution in [0.5, 0.6) is 0 Å². The number of nitrogens with zero attached hydrogens (tertiary/aromatic N) is 2. The first kappa shape index (κ1) is 16.3. The molecule has 1 amide bonds. The van der Waals surface area contributed by atoms with Crippen molar-refractivity contribution in [3.8, 4) is 11.3 Å². The summed E-state index contributed by atoms with van der Waals surface area (Å²) in [6.07, 6.45) is 3.33. The normalized spacial score (nSPS) is 10.6. The summed E-state index contributed by atoms with van der Waals surface area (Å²) in [7, 11) is 0. The zero-order valence-electron chi connectivity index (χ0n) is 14.0. The molecular weight excluding hydrogens is 318 g/mol. The minimum absolute atomic E-state index is 0.0769. The van der Waals surface area contributed by atoms with E-state index in [-0.39, 0.29) is 5.91 Å². The highest BCUT2D eigenvalue weighted by atomic mass is 32.1. The maximum absolute atomic E-state index is 12.6. The van der Waals surface area contributed by atoms with Crippen molar-refractivity contribution in [3.05, 3.63) is 69.3 Å². The van der Waals surface area contributed by atoms with E-state index < -0.39 is 0 Å². The van der Waals surface area contributed by atoms with Crippen molar-refractivity contribution in [2.24, 2.45) is 0 Å². The molecule has 0 saturated heterocycles. The first-order chi connectivity index (χ1) is 11.6. The van der Waals surface area contributed by atoms with Crippen LogP contribution in [-0.2, 0) is 6.54 Å². The van der Waals surface area contributed by atoms with Gasteiger partial charge < -0.3 is 5.32 Å². The Hall–Kier alpha value is -2.53. The lowest BCUT2D eigenvalue weighted by Gasteiger charge is -2.12. The molecule has 2 aromatic heterocycles. The van der Waals surface area contributed by atoms with Crippen molar-refractivity contribution in [1.82, 2.24) is 15.3 Å². The Labute approximate surface area is 145 Å². The highest BCUT2D eigenvalue weighted by molar-refractivity contribution is 7.08. The van der Waals surface area contributed by atoms with Gasteiger partial charge in [-0.3, -0.25) is 14.8 Å². The minimum atomic E-state index is -0.0769. The van der Waals surface area contributed by atoms with E-state index in [4.69, 9.17) is 0 Å². The minimum Gasteiger partial charge on any atom is -0.346 e. The molecule has 0 atom stereocenters. The second-order valence-electron chi connectivity index (χ2n) is 5.82. The second-order valence-corrected chi connectivity index (χ2v) is 6.60. The van der Waals surface area contributed by atoms with Gasteiger partial charge in [0.15, 0.2) is 0 Å². The summed E-state index contributed by atoms with van der Waals surface area (Å²) in [6.45, 7) is 6.32. The van der Waals surface area contributed by atoms with Crippen LogP contribution in [0, 0.1) is 20.8 Å². The van der Waals surface area contributed by atoms with E-state index in [2.05, 4.69) is 15.3 Å². The Morgan fingerprint density at radius 2 is 1.83 bits per heavy atom. The number of rotatable bonds is 4. The highest BCUT2D eigenvalue weighted by Crippen LogP contribution is 2.22. The number of hydrogen-bond donors (Lipinski definition) is 1. The molecule has 0 unspecified atom stereocenters. The summed E-state index contributed by atoms with van der Waals surface area (Å²) in [6, 6.07) is 6.07. The topological polar surface area (TPSA) is 54.9 Å². The van der Waals surface area contributed by atoms with Gasteiger partial charge in [-0.05, 0) is 43.3 Å². The van der Waals surface area contributed by atoms with Crippen LogP contribution in [-0.4, -0.2) is 15.9 Å². The molecule has 0 saturated carbocycles. The van der Waals surface area contributed by atoms with Crippen LogP contribution in [0.4, 0.5) is 0 Å². The van der Waals surface area contributed by atoms with Crippen LogP contribution < -0.4 is 5.32 Å². The smallest absolute Gasteiger partial charge is 0.252 e. The van der Waals surface area contributed by atoms with Gasteiger partial charge in [0, 0.05) is 28.9 Å². The Morgan fingerprint density at radius 1 is 1.12 bits per heavy atom. The number of benzene rings is 1. The molecule has 3 rings (SSSR count). The highest BCUT2D eigenvalue weighted by Gasteiger charge is 2.14. The summed E-state index contributed by atoms with van der Waals surface area (Å²) in [5.74, 6) is -0.0769. The van der Waals surface area contributed by atoms with Gasteiger partial charge in [0.1, 0.15) is 0 Å². The first-order valence-corrected chi connectivity index (χ1v) is 8.69. The standard InChI is InChI=1S/C19H19N3OS/c1-12-8-13(2)17(14(3)9-12)19(23)22-10-16-18(21-6-5-20-16)15-4-7-24-11-15/h4-9,11H,10H2,1-3H3,(H,22,23). The van der Waals surface area contributed by atoms with Crippen molar-refractivity contribution >= 4 is 17.2 Å². The number of thiophene rings is 1. The zero-order valence-corrected chi connectivity index (χ0v) is 14.8. The molecule has 0 fully saturated rings. The van der Waals surface area contributed by atoms with Crippen molar-refractivity contribution < 1.29 is 4.79 Å². The van der Waals surface area contributed by atoms with Gasteiger partial charge in [0.05, 0.1) is 17.9 Å². The summed E-state index contributed by atoms with van der Waals surface area (Å²) in [4.78, 5) is 21.4. The third-order valence-electron chi connectivity index (χ3n) is 3.89. The second kappa shape index (κ2) is 6.93. The summed E-state index contributed by atoms with van der Waals surface area (Å²) in [5.41, 5.74) is 6.49. The first-order valence-electron chi connectivity index (χ1n) is 7.74. The molecule has 1 aromatic carbocycles. The van der Waals surface area contributed by atoms with E-state index in [9.17, 15) is 4.79 Å². The van der Waals surface area contributed by atoms with E-state index in [1.54, 1.807) is 23.7 Å². The molecule has 0 bridgehead atoms. The van der Waals surface area contributed by atoms with Crippen molar-refractivity contribution in [3.63, 3.8) is 0 Å². The molecule has 0 aliphatic rings. The molecule has 0 aliphatic carbocycles. The number of amides is 1. The summed E-state index contributed by atoms with van der Waals surface area (Å²) >= 11 is 1.61. The van der Waals surface area contributed by atoms with Crippen molar-refractivity contribution in [2.75, 3.05) is 0 Å². The van der Waals surface area contributed by atoms with E-state index >= 15 is 0 Å². The number of carbonyl (C=O) groups is 1. The fourth-order valence-electron chi connectivity index (χ4n) is 2.93. The predicted molar refractivity (Wildman–Crippen MR) is 97.2 cm³/mol. The maximum Gasteiger partial charge on any atom is 0.252 e. The third-order valence-corrected chi connectivity index (χ3v) is 4.57. The number of aryl methyl sites for hydroxylation is 3. The Kier molecular flexibility index (Phi) is 4.71. The van der Waals surface area contributed by atoms with Crippen LogP contribution in [0.3, 0.4) is 0 Å². The number of hydrogen-bond acceptors (Lipinski definition) is 4. The average molecular weight is 337 g/mol. The lowest BCUT2D eigenvalue weighted by Crippen LogP contribution is -2.25. The van der Waals surface area contributed by atoms with E-state index in [1.807, 2.05) is 49.7 Å². The molecule has 3 aromatic rings. The Bertz CT molecular complexity index is 849. The molecule has 0 aliphatic heterocycles. The predicted octanol–water partition coefficient (Wildman–Crippen LogP) is 4.06. The molecule has 122 valence electrons. The molecule has 2 heterocycles. The lowest BCUT2D eigenvalue weighted by atomic mass is 9.99. The Morgan fingerprint density at radius 3 is 2.50 bits per heavy atom. The van der Waals surface area contributed by atoms with Gasteiger partial charge in [0.2, 0.25) is 0 Å². The SMILES string of the molecule is Cc1cc(C)c(C(=O)NCc2nccnc2-c2ccsc2)c(C)c1. The van der Waals surface area contributed by atoms with Crippen LogP contribution in [0.25, 0.3) is 11.3 Å². The van der Waals surface area contributed by atoms with Crippen molar-refractivity contribution in [2.45, 2.75) is 27.3 Å². The fourth-order valence-corrected chi connectivity index (χ4v) is 3.57. The van der Waals surface area contributed by atoms with Crippen LogP contribution in [0.1, 0.15) is 32.7 Å². The van der Waals surface area contributed by atoms with E-state index in [1.165, 1.54) is 0 Å².